The topological polar surface area (TPSA) is 60.2 Å². The lowest BCUT2D eigenvalue weighted by Crippen LogP contribution is -2.21. The molecule has 4 nitrogen and oxygen atoms in total. The number of rotatable bonds is 2. The van der Waals surface area contributed by atoms with Crippen molar-refractivity contribution in [2.24, 2.45) is 0 Å². The number of hydrogen-bond acceptors (Lipinski definition) is 3. The van der Waals surface area contributed by atoms with Crippen molar-refractivity contribution in [3.63, 3.8) is 0 Å². The molecule has 0 radical (unpaired) electrons. The second kappa shape index (κ2) is 8.18. The Morgan fingerprint density at radius 3 is 2.15 bits per heavy atom. The average molecular weight is 387 g/mol. The normalized spacial score (nSPS) is 16.1. The van der Waals surface area contributed by atoms with E-state index in [1.165, 1.54) is 42.3 Å². The van der Waals surface area contributed by atoms with Crippen LogP contribution in [-0.2, 0) is 10.1 Å². The second-order valence-corrected chi connectivity index (χ2v) is 7.56. The highest BCUT2D eigenvalue weighted by Crippen LogP contribution is 2.21. The molecule has 2 aromatic carbocycles. The van der Waals surface area contributed by atoms with E-state index in [4.69, 9.17) is 13.0 Å². The van der Waals surface area contributed by atoms with Crippen molar-refractivity contribution in [1.82, 2.24) is 0 Å². The van der Waals surface area contributed by atoms with Crippen molar-refractivity contribution in [3.05, 3.63) is 48.0 Å². The van der Waals surface area contributed by atoms with Crippen molar-refractivity contribution in [2.75, 3.05) is 13.1 Å². The van der Waals surface area contributed by atoms with E-state index in [0.29, 0.717) is 5.92 Å². The summed E-state index contributed by atoms with van der Waals surface area (Å²) < 4.78 is 61.4. The molecule has 1 heterocycles. The lowest BCUT2D eigenvalue weighted by atomic mass is 9.98. The Balaban J connectivity index is 0.000000260. The molecule has 1 aliphatic rings. The molecular formula is C18H20F3NO3S. The van der Waals surface area contributed by atoms with Crippen LogP contribution in [0.25, 0.3) is 10.8 Å². The van der Waals surface area contributed by atoms with Crippen molar-refractivity contribution >= 4 is 27.1 Å². The van der Waals surface area contributed by atoms with E-state index in [-0.39, 0.29) is 0 Å². The van der Waals surface area contributed by atoms with E-state index in [1.54, 1.807) is 0 Å². The third-order valence-corrected chi connectivity index (χ3v) is 4.72. The smallest absolute Gasteiger partial charge is 0.485 e. The van der Waals surface area contributed by atoms with Gasteiger partial charge < -0.3 is 4.55 Å². The molecule has 0 unspecified atom stereocenters. The standard InChI is InChI=1S/C17H20N.CHF3O3S/c1-14(13-18-10-4-5-11-18)16-9-8-15-6-2-3-7-17(15)12-16;2-1(3,4)8(5,6)7/h2-3,6-9,12-14H,4-5,10-11H2,1H3;(H,5,6,7)/q+1;/p-1/t14-;/m1./s1. The van der Waals surface area contributed by atoms with Gasteiger partial charge >= 0.3 is 5.51 Å². The summed E-state index contributed by atoms with van der Waals surface area (Å²) in [5, 5.41) is 2.67. The third kappa shape index (κ3) is 5.54. The summed E-state index contributed by atoms with van der Waals surface area (Å²) in [5.41, 5.74) is -4.23. The van der Waals surface area contributed by atoms with Crippen molar-refractivity contribution in [1.29, 1.82) is 0 Å². The van der Waals surface area contributed by atoms with Crippen LogP contribution < -0.4 is 0 Å². The number of benzene rings is 2. The predicted octanol–water partition coefficient (Wildman–Crippen LogP) is 3.87. The molecule has 0 amide bonds. The molecule has 1 atom stereocenters. The molecule has 142 valence electrons. The molecule has 0 saturated carbocycles. The minimum atomic E-state index is -6.09. The Kier molecular flexibility index (Phi) is 6.41. The van der Waals surface area contributed by atoms with Gasteiger partial charge in [0.05, 0.1) is 5.92 Å². The molecule has 1 aliphatic heterocycles. The number of halogens is 3. The summed E-state index contributed by atoms with van der Waals surface area (Å²) in [6, 6.07) is 15.4. The maximum Gasteiger partial charge on any atom is 0.485 e. The first-order valence-corrected chi connectivity index (χ1v) is 9.58. The van der Waals surface area contributed by atoms with Gasteiger partial charge in [0.25, 0.3) is 0 Å². The minimum absolute atomic E-state index is 0.507. The molecule has 0 N–H and O–H groups in total. The predicted molar refractivity (Wildman–Crippen MR) is 93.4 cm³/mol. The second-order valence-electron chi connectivity index (χ2n) is 6.19. The zero-order valence-electron chi connectivity index (χ0n) is 14.2. The molecule has 8 heteroatoms. The number of nitrogens with zero attached hydrogens (tertiary/aromatic N) is 1. The van der Waals surface area contributed by atoms with Gasteiger partial charge in [0.1, 0.15) is 19.3 Å². The molecular weight excluding hydrogens is 367 g/mol. The van der Waals surface area contributed by atoms with Gasteiger partial charge in [0, 0.05) is 12.8 Å². The van der Waals surface area contributed by atoms with Crippen LogP contribution in [0.2, 0.25) is 0 Å². The highest BCUT2D eigenvalue weighted by Gasteiger charge is 2.36. The fourth-order valence-corrected chi connectivity index (χ4v) is 2.78. The number of fused-ring (bicyclic) bond motifs is 1. The third-order valence-electron chi connectivity index (χ3n) is 4.16. The van der Waals surface area contributed by atoms with Gasteiger partial charge in [-0.1, -0.05) is 42.5 Å². The first-order valence-electron chi connectivity index (χ1n) is 8.18. The van der Waals surface area contributed by atoms with Gasteiger partial charge in [-0.05, 0) is 23.3 Å². The summed E-state index contributed by atoms with van der Waals surface area (Å²) in [4.78, 5) is 0. The van der Waals surface area contributed by atoms with Crippen LogP contribution in [0.3, 0.4) is 0 Å². The van der Waals surface area contributed by atoms with E-state index >= 15 is 0 Å². The number of hydrogen-bond donors (Lipinski definition) is 0. The summed E-state index contributed by atoms with van der Waals surface area (Å²) in [5.74, 6) is 0.507. The van der Waals surface area contributed by atoms with E-state index in [0.717, 1.165) is 0 Å². The van der Waals surface area contributed by atoms with Crippen molar-refractivity contribution in [2.45, 2.75) is 31.2 Å². The lowest BCUT2D eigenvalue weighted by Gasteiger charge is -2.08. The van der Waals surface area contributed by atoms with Gasteiger partial charge in [-0.15, -0.1) is 0 Å². The van der Waals surface area contributed by atoms with Gasteiger partial charge in [0.2, 0.25) is 0 Å². The Hall–Kier alpha value is -1.93. The van der Waals surface area contributed by atoms with Crippen LogP contribution >= 0.6 is 0 Å². The molecule has 3 rings (SSSR count). The summed E-state index contributed by atoms with van der Waals surface area (Å²) in [6.45, 7) is 4.76. The van der Waals surface area contributed by atoms with Crippen LogP contribution in [0.5, 0.6) is 0 Å². The first-order chi connectivity index (χ1) is 12.1. The first kappa shape index (κ1) is 20.4. The fraction of sp³-hybridized carbons (Fsp3) is 0.389. The highest BCUT2D eigenvalue weighted by atomic mass is 32.2. The largest absolute Gasteiger partial charge is 0.741 e. The summed E-state index contributed by atoms with van der Waals surface area (Å²) >= 11 is 0. The minimum Gasteiger partial charge on any atom is -0.741 e. The molecule has 0 aliphatic carbocycles. The zero-order chi connectivity index (χ0) is 19.4. The fourth-order valence-electron chi connectivity index (χ4n) is 2.78. The van der Waals surface area contributed by atoms with Gasteiger partial charge in [0.15, 0.2) is 10.1 Å². The molecule has 0 bridgehead atoms. The van der Waals surface area contributed by atoms with Crippen LogP contribution in [-0.4, -0.2) is 42.4 Å². The Labute approximate surface area is 150 Å². The van der Waals surface area contributed by atoms with Gasteiger partial charge in [-0.2, -0.15) is 13.2 Å². The quantitative estimate of drug-likeness (QED) is 0.446. The Bertz CT molecular complexity index is 884. The molecule has 1 fully saturated rings. The maximum atomic E-state index is 10.7. The van der Waals surface area contributed by atoms with Crippen molar-refractivity contribution < 1.29 is 30.7 Å². The SMILES string of the molecule is C[C@H](C=[N+]1CCCC1)c1ccc2ccccc2c1.O=S(=O)([O-])C(F)(F)F. The monoisotopic (exact) mass is 387 g/mol. The molecule has 0 spiro atoms. The summed E-state index contributed by atoms with van der Waals surface area (Å²) in [7, 11) is -6.09. The van der Waals surface area contributed by atoms with E-state index in [9.17, 15) is 13.2 Å². The Morgan fingerprint density at radius 2 is 1.62 bits per heavy atom. The molecule has 0 aromatic heterocycles. The van der Waals surface area contributed by atoms with E-state index in [2.05, 4.69) is 60.2 Å². The average Bonchev–Trinajstić information content (AvgIpc) is 3.06. The van der Waals surface area contributed by atoms with E-state index in [1.807, 2.05) is 0 Å². The lowest BCUT2D eigenvalue weighted by molar-refractivity contribution is -0.502. The van der Waals surface area contributed by atoms with Crippen LogP contribution in [0.4, 0.5) is 13.2 Å². The van der Waals surface area contributed by atoms with Crippen LogP contribution in [0, 0.1) is 0 Å². The number of alkyl halides is 3. The van der Waals surface area contributed by atoms with E-state index < -0.39 is 15.6 Å². The van der Waals surface area contributed by atoms with Crippen LogP contribution in [0.15, 0.2) is 42.5 Å². The van der Waals surface area contributed by atoms with Crippen molar-refractivity contribution in [3.8, 4) is 0 Å². The Morgan fingerprint density at radius 1 is 1.08 bits per heavy atom. The zero-order valence-corrected chi connectivity index (χ0v) is 15.1. The molecule has 26 heavy (non-hydrogen) atoms. The van der Waals surface area contributed by atoms with Gasteiger partial charge in [-0.25, -0.2) is 13.0 Å². The maximum absolute atomic E-state index is 10.7. The van der Waals surface area contributed by atoms with Gasteiger partial charge in [-0.3, -0.25) is 0 Å². The molecule has 2 aromatic rings. The van der Waals surface area contributed by atoms with Crippen LogP contribution in [0.1, 0.15) is 31.2 Å². The highest BCUT2D eigenvalue weighted by molar-refractivity contribution is 7.86. The summed E-state index contributed by atoms with van der Waals surface area (Å²) in [6.07, 6.45) is 5.10. The molecule has 1 saturated heterocycles.